The monoisotopic (exact) mass is 482 g/mol. The first kappa shape index (κ1) is 21.8. The summed E-state index contributed by atoms with van der Waals surface area (Å²) in [5.74, 6) is 0.684. The number of aromatic amines is 1. The van der Waals surface area contributed by atoms with Crippen molar-refractivity contribution in [3.63, 3.8) is 0 Å². The minimum absolute atomic E-state index is 0.0541. The molecule has 170 valence electrons. The second-order valence-corrected chi connectivity index (χ2v) is 9.09. The summed E-state index contributed by atoms with van der Waals surface area (Å²) in [6, 6.07) is 7.98. The van der Waals surface area contributed by atoms with Crippen LogP contribution in [0.4, 0.5) is 10.8 Å². The van der Waals surface area contributed by atoms with E-state index in [4.69, 9.17) is 17.3 Å². The van der Waals surface area contributed by atoms with Crippen molar-refractivity contribution in [2.75, 3.05) is 42.9 Å². The van der Waals surface area contributed by atoms with Gasteiger partial charge in [-0.15, -0.1) is 11.3 Å². The van der Waals surface area contributed by atoms with Gasteiger partial charge in [0.25, 0.3) is 0 Å². The fourth-order valence-electron chi connectivity index (χ4n) is 3.94. The average molecular weight is 483 g/mol. The number of nitrogens with two attached hydrogens (primary N) is 1. The Hall–Kier alpha value is -3.05. The molecule has 9 nitrogen and oxygen atoms in total. The van der Waals surface area contributed by atoms with E-state index in [1.165, 1.54) is 11.3 Å². The van der Waals surface area contributed by atoms with E-state index < -0.39 is 0 Å². The van der Waals surface area contributed by atoms with E-state index in [0.29, 0.717) is 28.9 Å². The molecule has 1 aromatic carbocycles. The lowest BCUT2D eigenvalue weighted by atomic mass is 10.1. The number of pyridine rings is 1. The van der Waals surface area contributed by atoms with Crippen molar-refractivity contribution in [2.45, 2.75) is 6.54 Å². The van der Waals surface area contributed by atoms with Gasteiger partial charge in [-0.2, -0.15) is 0 Å². The van der Waals surface area contributed by atoms with Gasteiger partial charge in [0.15, 0.2) is 10.8 Å². The Labute approximate surface area is 199 Å². The molecule has 4 N–H and O–H groups in total. The first-order valence-corrected chi connectivity index (χ1v) is 11.9. The van der Waals surface area contributed by atoms with Crippen LogP contribution in [0.3, 0.4) is 0 Å². The lowest BCUT2D eigenvalue weighted by Crippen LogP contribution is -2.48. The number of halogens is 1. The van der Waals surface area contributed by atoms with Crippen molar-refractivity contribution < 1.29 is 4.79 Å². The molecule has 4 aromatic rings. The summed E-state index contributed by atoms with van der Waals surface area (Å²) in [4.78, 5) is 33.2. The zero-order chi connectivity index (χ0) is 22.8. The molecule has 0 unspecified atom stereocenters. The van der Waals surface area contributed by atoms with Gasteiger partial charge in [-0.1, -0.05) is 35.9 Å². The number of H-pyrrole nitrogens is 1. The molecule has 1 aliphatic rings. The van der Waals surface area contributed by atoms with Gasteiger partial charge in [0.05, 0.1) is 23.5 Å². The van der Waals surface area contributed by atoms with Crippen LogP contribution in [0.25, 0.3) is 22.6 Å². The number of nitrogens with one attached hydrogen (secondary N) is 2. The summed E-state index contributed by atoms with van der Waals surface area (Å²) >= 11 is 7.99. The maximum Gasteiger partial charge on any atom is 0.240 e. The summed E-state index contributed by atoms with van der Waals surface area (Å²) < 4.78 is 0. The molecule has 0 bridgehead atoms. The molecular formula is C22H23ClN8OS. The topological polar surface area (TPSA) is 116 Å². The molecule has 1 aliphatic heterocycles. The summed E-state index contributed by atoms with van der Waals surface area (Å²) in [5, 5.41) is 5.87. The van der Waals surface area contributed by atoms with E-state index in [0.717, 1.165) is 54.3 Å². The van der Waals surface area contributed by atoms with Gasteiger partial charge >= 0.3 is 0 Å². The second-order valence-electron chi connectivity index (χ2n) is 7.79. The SMILES string of the molecule is NCc1ccc(-c2nc3ncc(Cl)c(N4CCN(CC(=O)Nc5nccs5)CC4)c3[nH]2)cc1. The van der Waals surface area contributed by atoms with Crippen LogP contribution in [0.15, 0.2) is 42.0 Å². The highest BCUT2D eigenvalue weighted by Crippen LogP contribution is 2.34. The standard InChI is InChI=1S/C22H23ClN8OS/c23-16-12-26-21-18(28-20(29-21)15-3-1-14(11-24)2-4-15)19(16)31-8-6-30(7-9-31)13-17(32)27-22-25-5-10-33-22/h1-5,10,12H,6-9,11,13,24H2,(H,25,27,32)(H,26,28,29). The lowest BCUT2D eigenvalue weighted by Gasteiger charge is -2.36. The zero-order valence-corrected chi connectivity index (χ0v) is 19.4. The van der Waals surface area contributed by atoms with Crippen molar-refractivity contribution in [3.05, 3.63) is 52.6 Å². The Morgan fingerprint density at radius 3 is 2.67 bits per heavy atom. The third kappa shape index (κ3) is 4.69. The number of thiazole rings is 1. The Bertz CT molecular complexity index is 1250. The van der Waals surface area contributed by atoms with Crippen molar-refractivity contribution >= 4 is 50.8 Å². The largest absolute Gasteiger partial charge is 0.366 e. The Morgan fingerprint density at radius 1 is 1.18 bits per heavy atom. The quantitative estimate of drug-likeness (QED) is 0.387. The van der Waals surface area contributed by atoms with E-state index in [1.54, 1.807) is 12.4 Å². The minimum atomic E-state index is -0.0541. The molecule has 5 rings (SSSR count). The fraction of sp³-hybridized carbons (Fsp3) is 0.273. The summed E-state index contributed by atoms with van der Waals surface area (Å²) in [7, 11) is 0. The van der Waals surface area contributed by atoms with Crippen LogP contribution in [0.5, 0.6) is 0 Å². The second kappa shape index (κ2) is 9.44. The minimum Gasteiger partial charge on any atom is -0.366 e. The van der Waals surface area contributed by atoms with Crippen LogP contribution in [0.2, 0.25) is 5.02 Å². The van der Waals surface area contributed by atoms with Crippen molar-refractivity contribution in [3.8, 4) is 11.4 Å². The third-order valence-corrected chi connectivity index (χ3v) is 6.61. The molecule has 3 aromatic heterocycles. The van der Waals surface area contributed by atoms with Gasteiger partial charge in [-0.3, -0.25) is 9.69 Å². The lowest BCUT2D eigenvalue weighted by molar-refractivity contribution is -0.117. The molecule has 4 heterocycles. The summed E-state index contributed by atoms with van der Waals surface area (Å²) in [5.41, 5.74) is 10.1. The van der Waals surface area contributed by atoms with E-state index in [-0.39, 0.29) is 5.91 Å². The van der Waals surface area contributed by atoms with E-state index in [2.05, 4.69) is 35.1 Å². The van der Waals surface area contributed by atoms with Crippen LogP contribution in [-0.4, -0.2) is 63.5 Å². The van der Waals surface area contributed by atoms with Gasteiger partial charge in [0, 0.05) is 49.9 Å². The molecule has 0 aliphatic carbocycles. The number of carbonyl (C=O) groups excluding carboxylic acids is 1. The normalized spacial score (nSPS) is 14.7. The number of amides is 1. The predicted octanol–water partition coefficient (Wildman–Crippen LogP) is 2.95. The van der Waals surface area contributed by atoms with Gasteiger partial charge in [-0.25, -0.2) is 15.0 Å². The number of benzene rings is 1. The highest BCUT2D eigenvalue weighted by molar-refractivity contribution is 7.13. The number of aromatic nitrogens is 4. The van der Waals surface area contributed by atoms with Crippen molar-refractivity contribution in [2.24, 2.45) is 5.73 Å². The van der Waals surface area contributed by atoms with Crippen LogP contribution in [0, 0.1) is 0 Å². The highest BCUT2D eigenvalue weighted by Gasteiger charge is 2.24. The summed E-state index contributed by atoms with van der Waals surface area (Å²) in [6.07, 6.45) is 3.32. The Balaban J connectivity index is 1.30. The Kier molecular flexibility index (Phi) is 6.23. The fourth-order valence-corrected chi connectivity index (χ4v) is 4.75. The van der Waals surface area contributed by atoms with Crippen LogP contribution < -0.4 is 16.0 Å². The number of hydrogen-bond donors (Lipinski definition) is 3. The van der Waals surface area contributed by atoms with Gasteiger partial charge in [-0.05, 0) is 5.56 Å². The van der Waals surface area contributed by atoms with Gasteiger partial charge in [0.2, 0.25) is 5.91 Å². The first-order valence-electron chi connectivity index (χ1n) is 10.6. The smallest absolute Gasteiger partial charge is 0.240 e. The number of anilines is 2. The number of nitrogens with zero attached hydrogens (tertiary/aromatic N) is 5. The molecule has 1 amide bonds. The third-order valence-electron chi connectivity index (χ3n) is 5.65. The number of rotatable bonds is 6. The first-order chi connectivity index (χ1) is 16.1. The molecule has 0 atom stereocenters. The maximum absolute atomic E-state index is 12.3. The number of imidazole rings is 1. The van der Waals surface area contributed by atoms with Crippen LogP contribution in [-0.2, 0) is 11.3 Å². The van der Waals surface area contributed by atoms with E-state index in [1.807, 2.05) is 29.6 Å². The van der Waals surface area contributed by atoms with Crippen molar-refractivity contribution in [1.29, 1.82) is 0 Å². The summed E-state index contributed by atoms with van der Waals surface area (Å²) in [6.45, 7) is 3.80. The molecule has 1 saturated heterocycles. The number of hydrogen-bond acceptors (Lipinski definition) is 8. The number of carbonyl (C=O) groups is 1. The predicted molar refractivity (Wildman–Crippen MR) is 132 cm³/mol. The average Bonchev–Trinajstić information content (AvgIpc) is 3.50. The molecule has 0 radical (unpaired) electrons. The van der Waals surface area contributed by atoms with Gasteiger partial charge in [0.1, 0.15) is 11.3 Å². The number of piperazine rings is 1. The number of fused-ring (bicyclic) bond motifs is 1. The van der Waals surface area contributed by atoms with E-state index >= 15 is 0 Å². The molecule has 33 heavy (non-hydrogen) atoms. The molecular weight excluding hydrogens is 460 g/mol. The maximum atomic E-state index is 12.3. The Morgan fingerprint density at radius 2 is 1.97 bits per heavy atom. The van der Waals surface area contributed by atoms with Gasteiger partial charge < -0.3 is 20.9 Å². The highest BCUT2D eigenvalue weighted by atomic mass is 35.5. The van der Waals surface area contributed by atoms with Crippen LogP contribution >= 0.6 is 22.9 Å². The molecule has 11 heteroatoms. The van der Waals surface area contributed by atoms with Crippen molar-refractivity contribution in [1.82, 2.24) is 24.8 Å². The molecule has 1 fully saturated rings. The molecule has 0 spiro atoms. The molecule has 0 saturated carbocycles. The zero-order valence-electron chi connectivity index (χ0n) is 17.8. The van der Waals surface area contributed by atoms with Crippen LogP contribution in [0.1, 0.15) is 5.56 Å². The van der Waals surface area contributed by atoms with E-state index in [9.17, 15) is 4.79 Å².